The highest BCUT2D eigenvalue weighted by atomic mass is 127. The molecular weight excluding hydrogens is 315 g/mol. The van der Waals surface area contributed by atoms with Gasteiger partial charge in [-0.1, -0.05) is 74.0 Å². The molecule has 0 saturated carbocycles. The number of carbonyl (C=O) groups excluding carboxylic acids is 1. The molecule has 16 heavy (non-hydrogen) atoms. The fourth-order valence-corrected chi connectivity index (χ4v) is 2.28. The van der Waals surface area contributed by atoms with E-state index in [-0.39, 0.29) is 0 Å². The van der Waals surface area contributed by atoms with E-state index in [0.717, 1.165) is 6.42 Å². The molecule has 0 spiro atoms. The van der Waals surface area contributed by atoms with E-state index < -0.39 is 0 Å². The Kier molecular flexibility index (Phi) is 15.4. The van der Waals surface area contributed by atoms with Crippen molar-refractivity contribution in [3.05, 3.63) is 0 Å². The van der Waals surface area contributed by atoms with Gasteiger partial charge in [-0.25, -0.2) is 0 Å². The number of unbranched alkanes of at least 4 members (excludes halogenated alkanes) is 9. The van der Waals surface area contributed by atoms with Gasteiger partial charge in [-0.05, 0) is 17.3 Å². The molecule has 0 N–H and O–H groups in total. The van der Waals surface area contributed by atoms with Crippen LogP contribution in [0.3, 0.4) is 0 Å². The Morgan fingerprint density at radius 1 is 0.750 bits per heavy atom. The summed E-state index contributed by atoms with van der Waals surface area (Å²) in [6.07, 6.45) is 13.2. The molecule has 0 aromatic rings. The third kappa shape index (κ3) is 14.2. The van der Waals surface area contributed by atoms with Crippen LogP contribution in [0, 0.1) is 0 Å². The Balaban J connectivity index is 2.85. The number of alkyl halides is 1. The third-order valence-electron chi connectivity index (χ3n) is 2.71. The summed E-state index contributed by atoms with van der Waals surface area (Å²) < 4.78 is 5.94. The average molecular weight is 340 g/mol. The Morgan fingerprint density at radius 3 is 1.62 bits per heavy atom. The van der Waals surface area contributed by atoms with E-state index in [1.807, 2.05) is 0 Å². The summed E-state index contributed by atoms with van der Waals surface area (Å²) in [6.45, 7) is 1.13. The molecule has 0 atom stereocenters. The molecule has 0 aliphatic heterocycles. The second-order valence-corrected chi connectivity index (χ2v) is 5.27. The summed E-state index contributed by atoms with van der Waals surface area (Å²) in [6, 6.07) is 0. The first kappa shape index (κ1) is 16.2. The summed E-state index contributed by atoms with van der Waals surface area (Å²) in [5.41, 5.74) is 0. The first-order chi connectivity index (χ1) is 7.91. The molecule has 0 rings (SSSR count). The largest absolute Gasteiger partial charge is 0.468 e. The standard InChI is InChI=1S/C13H25IO2/c14-11-9-7-5-3-1-2-4-6-8-10-12-16-13-15/h13H,1-12H2. The van der Waals surface area contributed by atoms with Crippen LogP contribution in [0.15, 0.2) is 0 Å². The molecule has 0 heterocycles. The monoisotopic (exact) mass is 340 g/mol. The first-order valence-corrected chi connectivity index (χ1v) is 8.05. The molecule has 3 heteroatoms. The molecule has 0 aromatic carbocycles. The van der Waals surface area contributed by atoms with Crippen molar-refractivity contribution in [1.29, 1.82) is 0 Å². The van der Waals surface area contributed by atoms with Gasteiger partial charge in [-0.3, -0.25) is 4.79 Å². The Morgan fingerprint density at radius 2 is 1.19 bits per heavy atom. The van der Waals surface area contributed by atoms with Crippen molar-refractivity contribution in [2.45, 2.75) is 64.2 Å². The van der Waals surface area contributed by atoms with Gasteiger partial charge in [-0.2, -0.15) is 0 Å². The number of hydrogen-bond acceptors (Lipinski definition) is 2. The van der Waals surface area contributed by atoms with Crippen molar-refractivity contribution in [2.24, 2.45) is 0 Å². The molecule has 0 unspecified atom stereocenters. The maximum atomic E-state index is 9.86. The van der Waals surface area contributed by atoms with Crippen LogP contribution in [0.5, 0.6) is 0 Å². The zero-order valence-corrected chi connectivity index (χ0v) is 12.4. The predicted octanol–water partition coefficient (Wildman–Crippen LogP) is 4.50. The van der Waals surface area contributed by atoms with Crippen molar-refractivity contribution >= 4 is 29.1 Å². The van der Waals surface area contributed by atoms with Crippen LogP contribution in [0.25, 0.3) is 0 Å². The number of ether oxygens (including phenoxy) is 1. The van der Waals surface area contributed by atoms with Crippen LogP contribution in [0.1, 0.15) is 64.2 Å². The minimum absolute atomic E-state index is 0.537. The molecule has 0 aliphatic rings. The lowest BCUT2D eigenvalue weighted by atomic mass is 10.1. The highest BCUT2D eigenvalue weighted by molar-refractivity contribution is 14.1. The fourth-order valence-electron chi connectivity index (χ4n) is 1.74. The lowest BCUT2D eigenvalue weighted by Gasteiger charge is -2.02. The van der Waals surface area contributed by atoms with Gasteiger partial charge in [0.1, 0.15) is 0 Å². The number of halogens is 1. The molecule has 0 bridgehead atoms. The van der Waals surface area contributed by atoms with Crippen molar-refractivity contribution < 1.29 is 9.53 Å². The van der Waals surface area contributed by atoms with Crippen LogP contribution in [-0.2, 0) is 9.53 Å². The van der Waals surface area contributed by atoms with Gasteiger partial charge in [-0.15, -0.1) is 0 Å². The predicted molar refractivity (Wildman–Crippen MR) is 77.1 cm³/mol. The van der Waals surface area contributed by atoms with Gasteiger partial charge in [0.05, 0.1) is 6.61 Å². The second kappa shape index (κ2) is 15.2. The van der Waals surface area contributed by atoms with Crippen molar-refractivity contribution in [3.63, 3.8) is 0 Å². The molecule has 0 fully saturated rings. The highest BCUT2D eigenvalue weighted by Gasteiger charge is 1.93. The fraction of sp³-hybridized carbons (Fsp3) is 0.923. The van der Waals surface area contributed by atoms with E-state index >= 15 is 0 Å². The van der Waals surface area contributed by atoms with Crippen LogP contribution in [0.4, 0.5) is 0 Å². The summed E-state index contributed by atoms with van der Waals surface area (Å²) in [7, 11) is 0. The maximum Gasteiger partial charge on any atom is 0.293 e. The minimum Gasteiger partial charge on any atom is -0.468 e. The van der Waals surface area contributed by atoms with E-state index in [4.69, 9.17) is 0 Å². The quantitative estimate of drug-likeness (QED) is 0.214. The van der Waals surface area contributed by atoms with Crippen LogP contribution < -0.4 is 0 Å². The van der Waals surface area contributed by atoms with Crippen molar-refractivity contribution in [2.75, 3.05) is 11.0 Å². The molecule has 0 aromatic heterocycles. The number of rotatable bonds is 13. The summed E-state index contributed by atoms with van der Waals surface area (Å²) in [4.78, 5) is 9.86. The average Bonchev–Trinajstić information content (AvgIpc) is 2.31. The summed E-state index contributed by atoms with van der Waals surface area (Å²) in [5, 5.41) is 0. The minimum atomic E-state index is 0.537. The van der Waals surface area contributed by atoms with Gasteiger partial charge >= 0.3 is 0 Å². The topological polar surface area (TPSA) is 26.3 Å². The van der Waals surface area contributed by atoms with E-state index in [1.54, 1.807) is 0 Å². The third-order valence-corrected chi connectivity index (χ3v) is 3.48. The zero-order valence-electron chi connectivity index (χ0n) is 10.3. The zero-order chi connectivity index (χ0) is 11.9. The molecular formula is C13H25IO2. The van der Waals surface area contributed by atoms with E-state index in [0.29, 0.717) is 13.1 Å². The van der Waals surface area contributed by atoms with E-state index in [1.165, 1.54) is 62.2 Å². The molecule has 0 aliphatic carbocycles. The molecule has 96 valence electrons. The lowest BCUT2D eigenvalue weighted by Crippen LogP contribution is -1.91. The van der Waals surface area contributed by atoms with Gasteiger partial charge in [0.2, 0.25) is 0 Å². The van der Waals surface area contributed by atoms with Gasteiger partial charge in [0.15, 0.2) is 0 Å². The van der Waals surface area contributed by atoms with Crippen molar-refractivity contribution in [3.8, 4) is 0 Å². The van der Waals surface area contributed by atoms with Gasteiger partial charge in [0.25, 0.3) is 6.47 Å². The Bertz CT molecular complexity index is 140. The second-order valence-electron chi connectivity index (χ2n) is 4.19. The van der Waals surface area contributed by atoms with Crippen LogP contribution >= 0.6 is 22.6 Å². The first-order valence-electron chi connectivity index (χ1n) is 6.53. The van der Waals surface area contributed by atoms with Gasteiger partial charge < -0.3 is 4.74 Å². The van der Waals surface area contributed by atoms with Crippen LogP contribution in [0.2, 0.25) is 0 Å². The Labute approximate surface area is 114 Å². The smallest absolute Gasteiger partial charge is 0.293 e. The molecule has 2 nitrogen and oxygen atoms in total. The number of hydrogen-bond donors (Lipinski definition) is 0. The van der Waals surface area contributed by atoms with Gasteiger partial charge in [0, 0.05) is 0 Å². The maximum absolute atomic E-state index is 9.86. The Hall–Kier alpha value is 0.200. The van der Waals surface area contributed by atoms with Crippen LogP contribution in [-0.4, -0.2) is 17.5 Å². The lowest BCUT2D eigenvalue weighted by molar-refractivity contribution is -0.128. The summed E-state index contributed by atoms with van der Waals surface area (Å²) in [5.74, 6) is 0. The normalized spacial score (nSPS) is 10.3. The van der Waals surface area contributed by atoms with E-state index in [2.05, 4.69) is 27.3 Å². The SMILES string of the molecule is O=COCCCCCCCCCCCCI. The molecule has 0 amide bonds. The van der Waals surface area contributed by atoms with Crippen molar-refractivity contribution in [1.82, 2.24) is 0 Å². The molecule has 0 saturated heterocycles. The molecule has 0 radical (unpaired) electrons. The number of carbonyl (C=O) groups is 1. The summed E-state index contributed by atoms with van der Waals surface area (Å²) >= 11 is 2.45. The highest BCUT2D eigenvalue weighted by Crippen LogP contribution is 2.10. The van der Waals surface area contributed by atoms with E-state index in [9.17, 15) is 4.79 Å².